The molecule has 1 unspecified atom stereocenters. The molecule has 0 aliphatic heterocycles. The number of methoxy groups -OCH3 is 1. The van der Waals surface area contributed by atoms with E-state index in [0.717, 1.165) is 17.0 Å². The van der Waals surface area contributed by atoms with Gasteiger partial charge in [0.15, 0.2) is 0 Å². The minimum atomic E-state index is -0.290. The molecule has 2 aromatic rings. The molecule has 0 saturated carbocycles. The second-order valence-electron chi connectivity index (χ2n) is 4.62. The molecule has 0 radical (unpaired) electrons. The molecule has 2 rings (SSSR count). The van der Waals surface area contributed by atoms with E-state index in [9.17, 15) is 9.50 Å². The summed E-state index contributed by atoms with van der Waals surface area (Å²) >= 11 is 0. The first-order valence-electron chi connectivity index (χ1n) is 6.41. The summed E-state index contributed by atoms with van der Waals surface area (Å²) < 4.78 is 18.5. The molecule has 20 heavy (non-hydrogen) atoms. The van der Waals surface area contributed by atoms with Crippen molar-refractivity contribution in [1.29, 1.82) is 0 Å². The van der Waals surface area contributed by atoms with E-state index in [-0.39, 0.29) is 18.5 Å². The lowest BCUT2D eigenvalue weighted by Crippen LogP contribution is -2.15. The first-order chi connectivity index (χ1) is 9.63. The molecule has 0 saturated heterocycles. The smallest absolute Gasteiger partial charge is 0.126 e. The van der Waals surface area contributed by atoms with Crippen LogP contribution in [0.1, 0.15) is 17.2 Å². The quantitative estimate of drug-likeness (QED) is 0.879. The molecule has 0 aliphatic carbocycles. The van der Waals surface area contributed by atoms with E-state index >= 15 is 0 Å². The first-order valence-corrected chi connectivity index (χ1v) is 6.41. The number of aryl methyl sites for hydroxylation is 1. The molecule has 0 amide bonds. The summed E-state index contributed by atoms with van der Waals surface area (Å²) in [6.45, 7) is 1.63. The van der Waals surface area contributed by atoms with Crippen molar-refractivity contribution in [2.24, 2.45) is 0 Å². The maximum Gasteiger partial charge on any atom is 0.126 e. The number of ether oxygens (including phenoxy) is 1. The van der Waals surface area contributed by atoms with Crippen LogP contribution in [0.15, 0.2) is 42.5 Å². The number of benzene rings is 2. The molecule has 0 bridgehead atoms. The average Bonchev–Trinajstić information content (AvgIpc) is 2.48. The molecular weight excluding hydrogens is 257 g/mol. The van der Waals surface area contributed by atoms with Gasteiger partial charge in [0.2, 0.25) is 0 Å². The zero-order valence-electron chi connectivity index (χ0n) is 11.6. The molecular formula is C16H18FNO2. The highest BCUT2D eigenvalue weighted by Crippen LogP contribution is 2.23. The summed E-state index contributed by atoms with van der Waals surface area (Å²) in [6.07, 6.45) is 0. The van der Waals surface area contributed by atoms with E-state index < -0.39 is 0 Å². The van der Waals surface area contributed by atoms with Gasteiger partial charge >= 0.3 is 0 Å². The van der Waals surface area contributed by atoms with Crippen LogP contribution < -0.4 is 10.1 Å². The molecule has 3 nitrogen and oxygen atoms in total. The predicted octanol–water partition coefficient (Wildman–Crippen LogP) is 3.29. The fourth-order valence-electron chi connectivity index (χ4n) is 2.03. The molecule has 106 valence electrons. The van der Waals surface area contributed by atoms with Crippen LogP contribution >= 0.6 is 0 Å². The maximum atomic E-state index is 13.3. The van der Waals surface area contributed by atoms with Gasteiger partial charge < -0.3 is 15.2 Å². The topological polar surface area (TPSA) is 41.5 Å². The molecule has 1 atom stereocenters. The SMILES string of the molecule is COc1cccc(NC(CO)c2ccc(F)c(C)c2)c1. The van der Waals surface area contributed by atoms with Crippen molar-refractivity contribution in [3.63, 3.8) is 0 Å². The van der Waals surface area contributed by atoms with Crippen molar-refractivity contribution in [2.45, 2.75) is 13.0 Å². The van der Waals surface area contributed by atoms with Crippen LogP contribution in [0.5, 0.6) is 5.75 Å². The Labute approximate surface area is 118 Å². The van der Waals surface area contributed by atoms with Gasteiger partial charge in [-0.2, -0.15) is 0 Å². The minimum absolute atomic E-state index is 0.0811. The molecule has 4 heteroatoms. The van der Waals surface area contributed by atoms with Crippen molar-refractivity contribution in [1.82, 2.24) is 0 Å². The van der Waals surface area contributed by atoms with Crippen LogP contribution in [0.3, 0.4) is 0 Å². The van der Waals surface area contributed by atoms with Gasteiger partial charge in [0, 0.05) is 11.8 Å². The largest absolute Gasteiger partial charge is 0.497 e. The number of nitrogens with one attached hydrogen (secondary N) is 1. The van der Waals surface area contributed by atoms with E-state index in [0.29, 0.717) is 5.56 Å². The highest BCUT2D eigenvalue weighted by molar-refractivity contribution is 5.50. The Balaban J connectivity index is 2.21. The van der Waals surface area contributed by atoms with E-state index in [2.05, 4.69) is 5.32 Å². The Bertz CT molecular complexity index is 586. The van der Waals surface area contributed by atoms with Crippen LogP contribution in [0.25, 0.3) is 0 Å². The molecule has 2 N–H and O–H groups in total. The Morgan fingerprint density at radius 3 is 2.70 bits per heavy atom. The Morgan fingerprint density at radius 2 is 2.05 bits per heavy atom. The van der Waals surface area contributed by atoms with Crippen molar-refractivity contribution in [2.75, 3.05) is 19.0 Å². The number of rotatable bonds is 5. The highest BCUT2D eigenvalue weighted by atomic mass is 19.1. The molecule has 0 aliphatic rings. The average molecular weight is 275 g/mol. The van der Waals surface area contributed by atoms with Crippen LogP contribution in [-0.2, 0) is 0 Å². The van der Waals surface area contributed by atoms with Gasteiger partial charge in [-0.25, -0.2) is 4.39 Å². The monoisotopic (exact) mass is 275 g/mol. The highest BCUT2D eigenvalue weighted by Gasteiger charge is 2.12. The lowest BCUT2D eigenvalue weighted by Gasteiger charge is -2.19. The summed E-state index contributed by atoms with van der Waals surface area (Å²) in [4.78, 5) is 0. The zero-order chi connectivity index (χ0) is 14.5. The lowest BCUT2D eigenvalue weighted by molar-refractivity contribution is 0.276. The Morgan fingerprint density at radius 1 is 1.25 bits per heavy atom. The van der Waals surface area contributed by atoms with E-state index in [4.69, 9.17) is 4.74 Å². The fraction of sp³-hybridized carbons (Fsp3) is 0.250. The maximum absolute atomic E-state index is 13.3. The first kappa shape index (κ1) is 14.3. The van der Waals surface area contributed by atoms with E-state index in [1.165, 1.54) is 6.07 Å². The van der Waals surface area contributed by atoms with Crippen molar-refractivity contribution < 1.29 is 14.2 Å². The third-order valence-corrected chi connectivity index (χ3v) is 3.18. The van der Waals surface area contributed by atoms with Crippen molar-refractivity contribution in [3.05, 3.63) is 59.4 Å². The molecule has 0 heterocycles. The second-order valence-corrected chi connectivity index (χ2v) is 4.62. The van der Waals surface area contributed by atoms with Gasteiger partial charge in [-0.1, -0.05) is 18.2 Å². The van der Waals surface area contributed by atoms with Gasteiger partial charge in [-0.05, 0) is 36.2 Å². The summed E-state index contributed by atoms with van der Waals surface area (Å²) in [5.74, 6) is 0.494. The Kier molecular flexibility index (Phi) is 4.58. The third kappa shape index (κ3) is 3.27. The molecule has 0 spiro atoms. The number of hydrogen-bond donors (Lipinski definition) is 2. The number of hydrogen-bond acceptors (Lipinski definition) is 3. The third-order valence-electron chi connectivity index (χ3n) is 3.18. The molecule has 0 fully saturated rings. The number of aliphatic hydroxyl groups is 1. The van der Waals surface area contributed by atoms with Crippen LogP contribution in [0.2, 0.25) is 0 Å². The van der Waals surface area contributed by atoms with Crippen molar-refractivity contribution >= 4 is 5.69 Å². The zero-order valence-corrected chi connectivity index (χ0v) is 11.6. The normalized spacial score (nSPS) is 12.0. The summed E-state index contributed by atoms with van der Waals surface area (Å²) in [5, 5.41) is 12.8. The standard InChI is InChI=1S/C16H18FNO2/c1-11-8-12(6-7-15(11)17)16(10-19)18-13-4-3-5-14(9-13)20-2/h3-9,16,18-19H,10H2,1-2H3. The number of anilines is 1. The van der Waals surface area contributed by atoms with E-state index in [1.807, 2.05) is 24.3 Å². The minimum Gasteiger partial charge on any atom is -0.497 e. The van der Waals surface area contributed by atoms with Gasteiger partial charge in [0.25, 0.3) is 0 Å². The summed E-state index contributed by atoms with van der Waals surface area (Å²) in [7, 11) is 1.60. The van der Waals surface area contributed by atoms with Crippen molar-refractivity contribution in [3.8, 4) is 5.75 Å². The number of halogens is 1. The van der Waals surface area contributed by atoms with Gasteiger partial charge in [-0.15, -0.1) is 0 Å². The summed E-state index contributed by atoms with van der Waals surface area (Å²) in [5.41, 5.74) is 2.24. The van der Waals surface area contributed by atoms with Crippen LogP contribution in [0.4, 0.5) is 10.1 Å². The fourth-order valence-corrected chi connectivity index (χ4v) is 2.03. The lowest BCUT2D eigenvalue weighted by atomic mass is 10.0. The molecule has 0 aromatic heterocycles. The van der Waals surface area contributed by atoms with Gasteiger partial charge in [-0.3, -0.25) is 0 Å². The van der Waals surface area contributed by atoms with Crippen LogP contribution in [0, 0.1) is 12.7 Å². The van der Waals surface area contributed by atoms with E-state index in [1.54, 1.807) is 26.2 Å². The second kappa shape index (κ2) is 6.39. The summed E-state index contributed by atoms with van der Waals surface area (Å²) in [6, 6.07) is 12.0. The number of aliphatic hydroxyl groups excluding tert-OH is 1. The predicted molar refractivity (Wildman–Crippen MR) is 77.6 cm³/mol. The van der Waals surface area contributed by atoms with Crippen LogP contribution in [-0.4, -0.2) is 18.8 Å². The molecule has 2 aromatic carbocycles. The van der Waals surface area contributed by atoms with Gasteiger partial charge in [0.1, 0.15) is 11.6 Å². The Hall–Kier alpha value is -2.07. The van der Waals surface area contributed by atoms with Gasteiger partial charge in [0.05, 0.1) is 19.8 Å².